The smallest absolute Gasteiger partial charge is 0.408 e. The second-order valence-electron chi connectivity index (χ2n) is 12.6. The molecule has 0 bridgehead atoms. The Morgan fingerprint density at radius 1 is 0.824 bits per heavy atom. The topological polar surface area (TPSA) is 232 Å². The number of carbonyl (C=O) groups is 7. The average molecular weight is 726 g/mol. The summed E-state index contributed by atoms with van der Waals surface area (Å²) < 4.78 is 5.22. The lowest BCUT2D eigenvalue weighted by atomic mass is 10.0. The fourth-order valence-electron chi connectivity index (χ4n) is 5.40. The molecule has 0 aliphatic carbocycles. The number of likely N-dealkylation sites (tertiary alicyclic amines) is 1. The third-order valence-corrected chi connectivity index (χ3v) is 8.96. The third-order valence-electron chi connectivity index (χ3n) is 7.85. The monoisotopic (exact) mass is 725 g/mol. The van der Waals surface area contributed by atoms with E-state index in [0.717, 1.165) is 5.56 Å². The highest BCUT2D eigenvalue weighted by molar-refractivity contribution is 7.98. The minimum atomic E-state index is -1.45. The molecule has 0 saturated carbocycles. The van der Waals surface area contributed by atoms with Gasteiger partial charge in [0.05, 0.1) is 13.0 Å². The van der Waals surface area contributed by atoms with E-state index < -0.39 is 78.7 Å². The summed E-state index contributed by atoms with van der Waals surface area (Å²) in [5.74, 6) is -3.52. The van der Waals surface area contributed by atoms with Crippen molar-refractivity contribution in [1.29, 1.82) is 0 Å². The average Bonchev–Trinajstić information content (AvgIpc) is 3.59. The van der Waals surface area contributed by atoms with Crippen molar-refractivity contribution in [3.05, 3.63) is 71.8 Å². The Labute approximate surface area is 301 Å². The van der Waals surface area contributed by atoms with Crippen LogP contribution in [0.5, 0.6) is 0 Å². The van der Waals surface area contributed by atoms with Crippen LogP contribution in [0.1, 0.15) is 50.7 Å². The summed E-state index contributed by atoms with van der Waals surface area (Å²) in [7, 11) is 0. The standard InChI is InChI=1S/C35H47N7O8S/c1-22(2)16-25(31(45)38-18-30(37)44)39-33(47)28-14-9-15-42(28)34(48)27(21-51-20-24-12-7-4-8-13-24)40-32(46)26(17-29(36)43)41-35(49)50-19-23-10-5-3-6-11-23/h3-8,10-13,22,25-28H,9,14-21H2,1-2H3,(H2,36,43)(H2,37,44)(H,38,45)(H,39,47)(H,40,46)(H,41,49)/t25-,26-,27-,28-/m0/s1. The lowest BCUT2D eigenvalue weighted by Gasteiger charge is -2.30. The first-order valence-electron chi connectivity index (χ1n) is 16.7. The highest BCUT2D eigenvalue weighted by atomic mass is 32.2. The molecule has 8 N–H and O–H groups in total. The first kappa shape index (κ1) is 40.3. The van der Waals surface area contributed by atoms with Crippen molar-refractivity contribution in [3.63, 3.8) is 0 Å². The van der Waals surface area contributed by atoms with Crippen LogP contribution in [-0.2, 0) is 45.9 Å². The third kappa shape index (κ3) is 14.0. The fourth-order valence-corrected chi connectivity index (χ4v) is 6.41. The van der Waals surface area contributed by atoms with E-state index in [2.05, 4.69) is 21.3 Å². The van der Waals surface area contributed by atoms with E-state index in [9.17, 15) is 33.6 Å². The summed E-state index contributed by atoms with van der Waals surface area (Å²) in [6.07, 6.45) is -0.453. The van der Waals surface area contributed by atoms with Crippen molar-refractivity contribution in [2.24, 2.45) is 17.4 Å². The Bertz CT molecular complexity index is 1510. The van der Waals surface area contributed by atoms with Crippen molar-refractivity contribution in [2.45, 2.75) is 76.1 Å². The highest BCUT2D eigenvalue weighted by Crippen LogP contribution is 2.22. The van der Waals surface area contributed by atoms with Crippen molar-refractivity contribution in [1.82, 2.24) is 26.2 Å². The lowest BCUT2D eigenvalue weighted by Crippen LogP contribution is -2.59. The molecule has 16 heteroatoms. The van der Waals surface area contributed by atoms with Gasteiger partial charge in [0.15, 0.2) is 0 Å². The zero-order valence-corrected chi connectivity index (χ0v) is 29.6. The van der Waals surface area contributed by atoms with Crippen LogP contribution < -0.4 is 32.7 Å². The van der Waals surface area contributed by atoms with Gasteiger partial charge < -0.3 is 42.4 Å². The number of nitrogens with zero attached hydrogens (tertiary/aromatic N) is 1. The Morgan fingerprint density at radius 3 is 2.08 bits per heavy atom. The van der Waals surface area contributed by atoms with Crippen molar-refractivity contribution in [2.75, 3.05) is 18.8 Å². The molecule has 1 fully saturated rings. The number of benzene rings is 2. The normalized spacial score (nSPS) is 15.6. The van der Waals surface area contributed by atoms with Crippen molar-refractivity contribution < 1.29 is 38.3 Å². The van der Waals surface area contributed by atoms with E-state index in [1.54, 1.807) is 30.3 Å². The number of primary amides is 2. The first-order valence-corrected chi connectivity index (χ1v) is 17.8. The van der Waals surface area contributed by atoms with Crippen molar-refractivity contribution in [3.8, 4) is 0 Å². The maximum absolute atomic E-state index is 14.1. The van der Waals surface area contributed by atoms with Crippen LogP contribution in [0.15, 0.2) is 60.7 Å². The summed E-state index contributed by atoms with van der Waals surface area (Å²) in [4.78, 5) is 91.2. The maximum Gasteiger partial charge on any atom is 0.408 e. The number of alkyl carbamates (subject to hydrolysis) is 1. The van der Waals surface area contributed by atoms with Gasteiger partial charge in [0, 0.05) is 18.1 Å². The van der Waals surface area contributed by atoms with Gasteiger partial charge in [0.2, 0.25) is 35.4 Å². The number of thioether (sulfide) groups is 1. The zero-order chi connectivity index (χ0) is 37.3. The maximum atomic E-state index is 14.1. The molecular weight excluding hydrogens is 678 g/mol. The van der Waals surface area contributed by atoms with Gasteiger partial charge in [0.1, 0.15) is 30.8 Å². The summed E-state index contributed by atoms with van der Waals surface area (Å²) in [6.45, 7) is 3.48. The SMILES string of the molecule is CC(C)C[C@H](NC(=O)[C@@H]1CCCN1C(=O)[C@H](CSCc1ccccc1)NC(=O)[C@H](CC(N)=O)NC(=O)OCc1ccccc1)C(=O)NCC(N)=O. The van der Waals surface area contributed by atoms with Gasteiger partial charge in [-0.25, -0.2) is 4.79 Å². The summed E-state index contributed by atoms with van der Waals surface area (Å²) in [5.41, 5.74) is 12.2. The number of nitrogens with one attached hydrogen (secondary N) is 4. The van der Waals surface area contributed by atoms with Gasteiger partial charge in [-0.3, -0.25) is 28.8 Å². The summed E-state index contributed by atoms with van der Waals surface area (Å²) in [6, 6.07) is 13.8. The van der Waals surface area contributed by atoms with Crippen LogP contribution >= 0.6 is 11.8 Å². The van der Waals surface area contributed by atoms with Crippen LogP contribution in [0.4, 0.5) is 4.79 Å². The summed E-state index contributed by atoms with van der Waals surface area (Å²) >= 11 is 1.37. The van der Waals surface area contributed by atoms with Crippen molar-refractivity contribution >= 4 is 53.3 Å². The fraction of sp³-hybridized carbons (Fsp3) is 0.457. The Morgan fingerprint density at radius 2 is 1.47 bits per heavy atom. The Kier molecular flexibility index (Phi) is 16.2. The minimum Gasteiger partial charge on any atom is -0.445 e. The van der Waals surface area contributed by atoms with Gasteiger partial charge in [-0.2, -0.15) is 11.8 Å². The lowest BCUT2D eigenvalue weighted by molar-refractivity contribution is -0.142. The molecule has 1 saturated heterocycles. The molecular formula is C35H47N7O8S. The van der Waals surface area contributed by atoms with E-state index in [-0.39, 0.29) is 31.2 Å². The Hall–Kier alpha value is -5.12. The predicted molar refractivity (Wildman–Crippen MR) is 190 cm³/mol. The zero-order valence-electron chi connectivity index (χ0n) is 28.8. The molecule has 7 amide bonds. The second-order valence-corrected chi connectivity index (χ2v) is 13.6. The molecule has 0 spiro atoms. The molecule has 4 atom stereocenters. The predicted octanol–water partition coefficient (Wildman–Crippen LogP) is 0.698. The van der Waals surface area contributed by atoms with Gasteiger partial charge in [-0.15, -0.1) is 0 Å². The number of ether oxygens (including phenoxy) is 1. The van der Waals surface area contributed by atoms with Gasteiger partial charge in [-0.05, 0) is 36.3 Å². The van der Waals surface area contributed by atoms with Crippen LogP contribution in [-0.4, -0.2) is 89.4 Å². The highest BCUT2D eigenvalue weighted by Gasteiger charge is 2.39. The number of carbonyl (C=O) groups excluding carboxylic acids is 7. The molecule has 2 aromatic carbocycles. The molecule has 1 heterocycles. The van der Waals surface area contributed by atoms with Crippen LogP contribution in [0.25, 0.3) is 0 Å². The van der Waals surface area contributed by atoms with Gasteiger partial charge >= 0.3 is 6.09 Å². The molecule has 2 aromatic rings. The van der Waals surface area contributed by atoms with Gasteiger partial charge in [0.25, 0.3) is 0 Å². The van der Waals surface area contributed by atoms with Crippen LogP contribution in [0, 0.1) is 5.92 Å². The summed E-state index contributed by atoms with van der Waals surface area (Å²) in [5, 5.41) is 10.2. The largest absolute Gasteiger partial charge is 0.445 e. The van der Waals surface area contributed by atoms with E-state index in [0.29, 0.717) is 24.2 Å². The molecule has 0 aromatic heterocycles. The second kappa shape index (κ2) is 20.5. The first-order chi connectivity index (χ1) is 24.3. The molecule has 15 nitrogen and oxygen atoms in total. The molecule has 0 radical (unpaired) electrons. The number of rotatable bonds is 19. The molecule has 276 valence electrons. The van der Waals surface area contributed by atoms with E-state index in [4.69, 9.17) is 16.2 Å². The molecule has 3 rings (SSSR count). The van der Waals surface area contributed by atoms with E-state index >= 15 is 0 Å². The molecule has 1 aliphatic rings. The Balaban J connectivity index is 1.77. The van der Waals surface area contributed by atoms with Gasteiger partial charge in [-0.1, -0.05) is 74.5 Å². The number of hydrogen-bond acceptors (Lipinski definition) is 9. The number of nitrogens with two attached hydrogens (primary N) is 2. The van der Waals surface area contributed by atoms with E-state index in [1.807, 2.05) is 44.2 Å². The van der Waals surface area contributed by atoms with E-state index in [1.165, 1.54) is 16.7 Å². The van der Waals surface area contributed by atoms with Crippen LogP contribution in [0.2, 0.25) is 0 Å². The molecule has 1 aliphatic heterocycles. The number of amides is 7. The van der Waals surface area contributed by atoms with Crippen LogP contribution in [0.3, 0.4) is 0 Å². The number of hydrogen-bond donors (Lipinski definition) is 6. The quantitative estimate of drug-likeness (QED) is 0.120. The molecule has 51 heavy (non-hydrogen) atoms. The minimum absolute atomic E-state index is 0.00903. The molecule has 0 unspecified atom stereocenters.